The Labute approximate surface area is 118 Å². The molecule has 0 fully saturated rings. The number of hydrogen-bond acceptors (Lipinski definition) is 2. The predicted octanol–water partition coefficient (Wildman–Crippen LogP) is 3.22. The van der Waals surface area contributed by atoms with Crippen molar-refractivity contribution in [3.63, 3.8) is 0 Å². The lowest BCUT2D eigenvalue weighted by atomic mass is 9.94. The van der Waals surface area contributed by atoms with E-state index >= 15 is 0 Å². The molecule has 6 heteroatoms. The lowest BCUT2D eigenvalue weighted by Gasteiger charge is -2.19. The van der Waals surface area contributed by atoms with Gasteiger partial charge in [-0.2, -0.15) is 8.78 Å². The third-order valence-corrected chi connectivity index (χ3v) is 2.97. The second kappa shape index (κ2) is 5.32. The summed E-state index contributed by atoms with van der Waals surface area (Å²) in [5.74, 6) is -6.42. The van der Waals surface area contributed by atoms with E-state index < -0.39 is 34.6 Å². The number of carboxylic acids is 2. The predicted molar refractivity (Wildman–Crippen MR) is 69.8 cm³/mol. The number of hydrogen-bond donors (Lipinski definition) is 2. The van der Waals surface area contributed by atoms with Crippen molar-refractivity contribution in [3.8, 4) is 0 Å². The van der Waals surface area contributed by atoms with Crippen molar-refractivity contribution in [1.82, 2.24) is 0 Å². The van der Waals surface area contributed by atoms with Gasteiger partial charge in [0, 0.05) is 11.1 Å². The van der Waals surface area contributed by atoms with Gasteiger partial charge in [-0.05, 0) is 18.2 Å². The van der Waals surface area contributed by atoms with Crippen LogP contribution in [0.25, 0.3) is 0 Å². The Morgan fingerprint density at radius 2 is 1.57 bits per heavy atom. The van der Waals surface area contributed by atoms with Gasteiger partial charge in [-0.3, -0.25) is 0 Å². The number of benzene rings is 2. The maximum atomic E-state index is 14.5. The molecule has 0 unspecified atom stereocenters. The molecule has 2 N–H and O–H groups in total. The molecule has 4 nitrogen and oxygen atoms in total. The molecule has 0 aromatic heterocycles. The minimum Gasteiger partial charge on any atom is -0.478 e. The second-order valence-corrected chi connectivity index (χ2v) is 4.31. The highest BCUT2D eigenvalue weighted by Crippen LogP contribution is 2.37. The normalized spacial score (nSPS) is 11.1. The average molecular weight is 292 g/mol. The van der Waals surface area contributed by atoms with Crippen LogP contribution >= 0.6 is 0 Å². The van der Waals surface area contributed by atoms with E-state index in [-0.39, 0.29) is 5.56 Å². The molecule has 0 saturated carbocycles. The largest absolute Gasteiger partial charge is 0.478 e. The fourth-order valence-electron chi connectivity index (χ4n) is 1.95. The summed E-state index contributed by atoms with van der Waals surface area (Å²) in [6, 6.07) is 9.00. The molecule has 2 aromatic carbocycles. The van der Waals surface area contributed by atoms with E-state index in [1.807, 2.05) is 0 Å². The Morgan fingerprint density at radius 3 is 2.19 bits per heavy atom. The van der Waals surface area contributed by atoms with Crippen molar-refractivity contribution in [1.29, 1.82) is 0 Å². The Bertz CT molecular complexity index is 710. The minimum absolute atomic E-state index is 0.292. The molecule has 0 radical (unpaired) electrons. The van der Waals surface area contributed by atoms with Gasteiger partial charge in [-0.1, -0.05) is 30.3 Å². The molecule has 108 valence electrons. The summed E-state index contributed by atoms with van der Waals surface area (Å²) in [6.07, 6.45) is 0. The average Bonchev–Trinajstić information content (AvgIpc) is 2.47. The Balaban J connectivity index is 2.59. The van der Waals surface area contributed by atoms with Crippen LogP contribution in [0, 0.1) is 0 Å². The molecule has 0 aliphatic heterocycles. The zero-order valence-corrected chi connectivity index (χ0v) is 10.6. The second-order valence-electron chi connectivity index (χ2n) is 4.31. The van der Waals surface area contributed by atoms with Crippen LogP contribution in [0.15, 0.2) is 48.5 Å². The Morgan fingerprint density at radius 1 is 0.905 bits per heavy atom. The summed E-state index contributed by atoms with van der Waals surface area (Å²) in [4.78, 5) is 21.9. The summed E-state index contributed by atoms with van der Waals surface area (Å²) in [6.45, 7) is 0. The van der Waals surface area contributed by atoms with E-state index in [1.165, 1.54) is 24.3 Å². The van der Waals surface area contributed by atoms with Crippen molar-refractivity contribution in [3.05, 3.63) is 70.8 Å². The fraction of sp³-hybridized carbons (Fsp3) is 0.0667. The van der Waals surface area contributed by atoms with Crippen LogP contribution in [0.3, 0.4) is 0 Å². The number of rotatable bonds is 4. The van der Waals surface area contributed by atoms with Crippen LogP contribution in [0.4, 0.5) is 8.78 Å². The number of carboxylic acid groups (broad SMARTS) is 2. The molecule has 0 saturated heterocycles. The molecule has 2 aromatic rings. The zero-order chi connectivity index (χ0) is 15.6. The van der Waals surface area contributed by atoms with Crippen LogP contribution in [-0.2, 0) is 5.92 Å². The van der Waals surface area contributed by atoms with Crippen molar-refractivity contribution < 1.29 is 28.6 Å². The summed E-state index contributed by atoms with van der Waals surface area (Å²) >= 11 is 0. The lowest BCUT2D eigenvalue weighted by molar-refractivity contribution is 0.0390. The third-order valence-electron chi connectivity index (χ3n) is 2.97. The number of halogens is 2. The maximum absolute atomic E-state index is 14.5. The van der Waals surface area contributed by atoms with Gasteiger partial charge in [0.05, 0.1) is 11.1 Å². The number of carbonyl (C=O) groups is 2. The summed E-state index contributed by atoms with van der Waals surface area (Å²) in [7, 11) is 0. The van der Waals surface area contributed by atoms with E-state index in [1.54, 1.807) is 0 Å². The Hall–Kier alpha value is -2.76. The van der Waals surface area contributed by atoms with Gasteiger partial charge >= 0.3 is 11.9 Å². The topological polar surface area (TPSA) is 74.6 Å². The molecule has 0 spiro atoms. The van der Waals surface area contributed by atoms with Crippen LogP contribution in [-0.4, -0.2) is 22.2 Å². The van der Waals surface area contributed by atoms with Crippen LogP contribution < -0.4 is 0 Å². The molecule has 0 bridgehead atoms. The van der Waals surface area contributed by atoms with Gasteiger partial charge < -0.3 is 10.2 Å². The summed E-state index contributed by atoms with van der Waals surface area (Å²) in [5.41, 5.74) is -2.07. The van der Waals surface area contributed by atoms with Crippen LogP contribution in [0.1, 0.15) is 31.8 Å². The molecule has 0 atom stereocenters. The quantitative estimate of drug-likeness (QED) is 0.907. The van der Waals surface area contributed by atoms with E-state index in [9.17, 15) is 18.4 Å². The van der Waals surface area contributed by atoms with E-state index in [4.69, 9.17) is 10.2 Å². The molecule has 2 rings (SSSR count). The van der Waals surface area contributed by atoms with Gasteiger partial charge in [0.25, 0.3) is 5.92 Å². The molecule has 0 aliphatic rings. The van der Waals surface area contributed by atoms with E-state index in [0.29, 0.717) is 0 Å². The highest BCUT2D eigenvalue weighted by molar-refractivity contribution is 5.90. The van der Waals surface area contributed by atoms with Crippen molar-refractivity contribution in [2.75, 3.05) is 0 Å². The third kappa shape index (κ3) is 2.74. The first-order valence-electron chi connectivity index (χ1n) is 5.88. The summed E-state index contributed by atoms with van der Waals surface area (Å²) in [5, 5.41) is 17.8. The standard InChI is InChI=1S/C15H10F2O4/c16-15(17,10-5-3-4-9(8-10)13(18)19)12-7-2-1-6-11(12)14(20)21/h1-8H,(H,18,19)(H,20,21). The Kier molecular flexibility index (Phi) is 3.71. The van der Waals surface area contributed by atoms with Gasteiger partial charge in [0.15, 0.2) is 0 Å². The van der Waals surface area contributed by atoms with Crippen molar-refractivity contribution in [2.24, 2.45) is 0 Å². The van der Waals surface area contributed by atoms with Crippen LogP contribution in [0.2, 0.25) is 0 Å². The number of aromatic carboxylic acids is 2. The molecule has 0 aliphatic carbocycles. The molecule has 0 heterocycles. The molecular weight excluding hydrogens is 282 g/mol. The molecule has 0 amide bonds. The van der Waals surface area contributed by atoms with Gasteiger partial charge in [0.2, 0.25) is 0 Å². The van der Waals surface area contributed by atoms with Gasteiger partial charge in [-0.15, -0.1) is 0 Å². The first-order chi connectivity index (χ1) is 9.84. The van der Waals surface area contributed by atoms with Crippen LogP contribution in [0.5, 0.6) is 0 Å². The molecular formula is C15H10F2O4. The van der Waals surface area contributed by atoms with E-state index in [0.717, 1.165) is 24.3 Å². The fourth-order valence-corrected chi connectivity index (χ4v) is 1.95. The monoisotopic (exact) mass is 292 g/mol. The number of alkyl halides is 2. The smallest absolute Gasteiger partial charge is 0.336 e. The minimum atomic E-state index is -3.61. The SMILES string of the molecule is O=C(O)c1cccc(C(F)(F)c2ccccc2C(=O)O)c1. The van der Waals surface area contributed by atoms with Crippen molar-refractivity contribution in [2.45, 2.75) is 5.92 Å². The lowest BCUT2D eigenvalue weighted by Crippen LogP contribution is -2.20. The highest BCUT2D eigenvalue weighted by Gasteiger charge is 2.37. The van der Waals surface area contributed by atoms with Gasteiger partial charge in [-0.25, -0.2) is 9.59 Å². The first kappa shape index (κ1) is 14.6. The summed E-state index contributed by atoms with van der Waals surface area (Å²) < 4.78 is 29.0. The zero-order valence-electron chi connectivity index (χ0n) is 10.6. The highest BCUT2D eigenvalue weighted by atomic mass is 19.3. The first-order valence-corrected chi connectivity index (χ1v) is 5.88. The maximum Gasteiger partial charge on any atom is 0.336 e. The van der Waals surface area contributed by atoms with Crippen molar-refractivity contribution >= 4 is 11.9 Å². The van der Waals surface area contributed by atoms with E-state index in [2.05, 4.69) is 0 Å². The van der Waals surface area contributed by atoms with Gasteiger partial charge in [0.1, 0.15) is 0 Å². The molecule has 21 heavy (non-hydrogen) atoms.